The van der Waals surface area contributed by atoms with Gasteiger partial charge in [-0.25, -0.2) is 0 Å². The fourth-order valence-electron chi connectivity index (χ4n) is 1.18. The molecule has 0 bridgehead atoms. The van der Waals surface area contributed by atoms with E-state index in [0.29, 0.717) is 6.54 Å². The first-order valence-corrected chi connectivity index (χ1v) is 5.39. The number of amides is 1. The SMILES string of the molecule is CCCC(C)NC(=O)CNC(C)(C)C. The number of rotatable bonds is 5. The summed E-state index contributed by atoms with van der Waals surface area (Å²) in [6, 6.07) is 0.286. The molecule has 3 heteroatoms. The minimum atomic E-state index is 0.00529. The van der Waals surface area contributed by atoms with Gasteiger partial charge in [0, 0.05) is 11.6 Å². The summed E-state index contributed by atoms with van der Waals surface area (Å²) in [6.07, 6.45) is 2.15. The molecule has 84 valence electrons. The summed E-state index contributed by atoms with van der Waals surface area (Å²) < 4.78 is 0. The molecule has 0 aromatic heterocycles. The second kappa shape index (κ2) is 6.02. The number of carbonyl (C=O) groups excluding carboxylic acids is 1. The molecule has 0 aliphatic rings. The lowest BCUT2D eigenvalue weighted by Crippen LogP contribution is -2.45. The highest BCUT2D eigenvalue weighted by Gasteiger charge is 2.12. The fourth-order valence-corrected chi connectivity index (χ4v) is 1.18. The molecule has 0 saturated heterocycles. The predicted molar refractivity (Wildman–Crippen MR) is 60.3 cm³/mol. The second-order valence-corrected chi connectivity index (χ2v) is 4.86. The minimum absolute atomic E-state index is 0.00529. The third-order valence-corrected chi connectivity index (χ3v) is 1.91. The van der Waals surface area contributed by atoms with Gasteiger partial charge in [-0.15, -0.1) is 0 Å². The van der Waals surface area contributed by atoms with E-state index in [-0.39, 0.29) is 17.5 Å². The van der Waals surface area contributed by atoms with Crippen LogP contribution in [0.3, 0.4) is 0 Å². The minimum Gasteiger partial charge on any atom is -0.353 e. The molecule has 0 saturated carbocycles. The second-order valence-electron chi connectivity index (χ2n) is 4.86. The standard InChI is InChI=1S/C11H24N2O/c1-6-7-9(2)13-10(14)8-12-11(3,4)5/h9,12H,6-8H2,1-5H3,(H,13,14). The number of nitrogens with one attached hydrogen (secondary N) is 2. The Labute approximate surface area is 87.6 Å². The van der Waals surface area contributed by atoms with E-state index in [0.717, 1.165) is 12.8 Å². The van der Waals surface area contributed by atoms with Crippen LogP contribution < -0.4 is 10.6 Å². The van der Waals surface area contributed by atoms with E-state index in [1.807, 2.05) is 6.92 Å². The summed E-state index contributed by atoms with van der Waals surface area (Å²) in [6.45, 7) is 10.7. The van der Waals surface area contributed by atoms with Crippen LogP contribution in [0.5, 0.6) is 0 Å². The molecule has 1 atom stereocenters. The molecule has 0 aromatic carbocycles. The molecule has 0 aromatic rings. The molecule has 0 rings (SSSR count). The van der Waals surface area contributed by atoms with Crippen LogP contribution in [0.4, 0.5) is 0 Å². The molecule has 0 aliphatic heterocycles. The average molecular weight is 200 g/mol. The lowest BCUT2D eigenvalue weighted by Gasteiger charge is -2.21. The van der Waals surface area contributed by atoms with Crippen LogP contribution >= 0.6 is 0 Å². The lowest BCUT2D eigenvalue weighted by atomic mass is 10.1. The molecule has 0 heterocycles. The van der Waals surface area contributed by atoms with E-state index in [1.165, 1.54) is 0 Å². The van der Waals surface area contributed by atoms with E-state index in [9.17, 15) is 4.79 Å². The van der Waals surface area contributed by atoms with Crippen molar-refractivity contribution >= 4 is 5.91 Å². The van der Waals surface area contributed by atoms with Gasteiger partial charge in [-0.2, -0.15) is 0 Å². The Kier molecular flexibility index (Phi) is 5.77. The van der Waals surface area contributed by atoms with Crippen molar-refractivity contribution in [2.75, 3.05) is 6.54 Å². The van der Waals surface area contributed by atoms with Crippen molar-refractivity contribution in [3.63, 3.8) is 0 Å². The van der Waals surface area contributed by atoms with Crippen LogP contribution in [0.15, 0.2) is 0 Å². The Bertz CT molecular complexity index is 173. The Morgan fingerprint density at radius 3 is 2.36 bits per heavy atom. The zero-order chi connectivity index (χ0) is 11.2. The monoisotopic (exact) mass is 200 g/mol. The Morgan fingerprint density at radius 1 is 1.36 bits per heavy atom. The van der Waals surface area contributed by atoms with Crippen molar-refractivity contribution < 1.29 is 4.79 Å². The van der Waals surface area contributed by atoms with Crippen LogP contribution in [0.1, 0.15) is 47.5 Å². The Morgan fingerprint density at radius 2 is 1.93 bits per heavy atom. The van der Waals surface area contributed by atoms with E-state index >= 15 is 0 Å². The maximum Gasteiger partial charge on any atom is 0.234 e. The van der Waals surface area contributed by atoms with Crippen LogP contribution in [0.25, 0.3) is 0 Å². The van der Waals surface area contributed by atoms with E-state index in [2.05, 4.69) is 38.3 Å². The topological polar surface area (TPSA) is 41.1 Å². The van der Waals surface area contributed by atoms with Crippen molar-refractivity contribution in [2.45, 2.75) is 59.0 Å². The van der Waals surface area contributed by atoms with Gasteiger partial charge in [0.05, 0.1) is 6.54 Å². The zero-order valence-electron chi connectivity index (χ0n) is 10.1. The number of carbonyl (C=O) groups is 1. The van der Waals surface area contributed by atoms with Gasteiger partial charge in [0.1, 0.15) is 0 Å². The molecule has 2 N–H and O–H groups in total. The summed E-state index contributed by atoms with van der Waals surface area (Å²) in [5.41, 5.74) is 0.00529. The van der Waals surface area contributed by atoms with Gasteiger partial charge >= 0.3 is 0 Å². The summed E-state index contributed by atoms with van der Waals surface area (Å²) in [4.78, 5) is 11.4. The van der Waals surface area contributed by atoms with E-state index < -0.39 is 0 Å². The molecular weight excluding hydrogens is 176 g/mol. The van der Waals surface area contributed by atoms with Crippen molar-refractivity contribution in [2.24, 2.45) is 0 Å². The van der Waals surface area contributed by atoms with E-state index in [1.54, 1.807) is 0 Å². The first-order valence-electron chi connectivity index (χ1n) is 5.39. The average Bonchev–Trinajstić information content (AvgIpc) is 2.00. The molecule has 1 amide bonds. The first-order chi connectivity index (χ1) is 6.35. The van der Waals surface area contributed by atoms with Gasteiger partial charge in [-0.3, -0.25) is 4.79 Å². The summed E-state index contributed by atoms with van der Waals surface area (Å²) >= 11 is 0. The molecule has 0 spiro atoms. The first kappa shape index (κ1) is 13.4. The molecular formula is C11H24N2O. The summed E-state index contributed by atoms with van der Waals surface area (Å²) in [5, 5.41) is 6.11. The highest BCUT2D eigenvalue weighted by atomic mass is 16.1. The normalized spacial score (nSPS) is 13.8. The van der Waals surface area contributed by atoms with Crippen molar-refractivity contribution in [3.8, 4) is 0 Å². The van der Waals surface area contributed by atoms with Gasteiger partial charge in [0.15, 0.2) is 0 Å². The van der Waals surface area contributed by atoms with Gasteiger partial charge in [-0.1, -0.05) is 13.3 Å². The summed E-state index contributed by atoms with van der Waals surface area (Å²) in [5.74, 6) is 0.0841. The molecule has 0 radical (unpaired) electrons. The van der Waals surface area contributed by atoms with Gasteiger partial charge < -0.3 is 10.6 Å². The van der Waals surface area contributed by atoms with Crippen LogP contribution in [0, 0.1) is 0 Å². The number of hydrogen-bond donors (Lipinski definition) is 2. The van der Waals surface area contributed by atoms with Crippen molar-refractivity contribution in [1.29, 1.82) is 0 Å². The quantitative estimate of drug-likeness (QED) is 0.709. The van der Waals surface area contributed by atoms with Crippen LogP contribution in [-0.2, 0) is 4.79 Å². The van der Waals surface area contributed by atoms with Crippen LogP contribution in [0.2, 0.25) is 0 Å². The third kappa shape index (κ3) is 8.05. The van der Waals surface area contributed by atoms with Crippen LogP contribution in [-0.4, -0.2) is 24.0 Å². The smallest absolute Gasteiger partial charge is 0.234 e. The van der Waals surface area contributed by atoms with E-state index in [4.69, 9.17) is 0 Å². The predicted octanol–water partition coefficient (Wildman–Crippen LogP) is 1.68. The molecule has 3 nitrogen and oxygen atoms in total. The summed E-state index contributed by atoms with van der Waals surface area (Å²) in [7, 11) is 0. The highest BCUT2D eigenvalue weighted by Crippen LogP contribution is 1.97. The maximum atomic E-state index is 11.4. The molecule has 0 fully saturated rings. The van der Waals surface area contributed by atoms with Gasteiger partial charge in [0.2, 0.25) is 5.91 Å². The third-order valence-electron chi connectivity index (χ3n) is 1.91. The fraction of sp³-hybridized carbons (Fsp3) is 0.909. The molecule has 0 aliphatic carbocycles. The highest BCUT2D eigenvalue weighted by molar-refractivity contribution is 5.78. The number of hydrogen-bond acceptors (Lipinski definition) is 2. The maximum absolute atomic E-state index is 11.4. The Hall–Kier alpha value is -0.570. The largest absolute Gasteiger partial charge is 0.353 e. The van der Waals surface area contributed by atoms with Crippen molar-refractivity contribution in [1.82, 2.24) is 10.6 Å². The Balaban J connectivity index is 3.65. The zero-order valence-corrected chi connectivity index (χ0v) is 10.1. The van der Waals surface area contributed by atoms with Crippen molar-refractivity contribution in [3.05, 3.63) is 0 Å². The molecule has 1 unspecified atom stereocenters. The van der Waals surface area contributed by atoms with Gasteiger partial charge in [0.25, 0.3) is 0 Å². The van der Waals surface area contributed by atoms with Gasteiger partial charge in [-0.05, 0) is 34.1 Å². The lowest BCUT2D eigenvalue weighted by molar-refractivity contribution is -0.121. The molecule has 14 heavy (non-hydrogen) atoms.